The lowest BCUT2D eigenvalue weighted by atomic mass is 10.1. The molecule has 0 spiro atoms. The Labute approximate surface area is 193 Å². The largest absolute Gasteiger partial charge is 0.514 e. The SMILES string of the molecule is COC(=O)Oc1c(CNC(=O)c2ccncc2)c(=O)c2ccc(Cl)cc2n1-c1ccccc1. The van der Waals surface area contributed by atoms with Crippen LogP contribution in [-0.2, 0) is 11.3 Å². The number of benzene rings is 2. The lowest BCUT2D eigenvalue weighted by Crippen LogP contribution is -2.29. The number of rotatable bonds is 5. The van der Waals surface area contributed by atoms with Crippen LogP contribution in [-0.4, -0.2) is 28.7 Å². The Morgan fingerprint density at radius 2 is 1.79 bits per heavy atom. The lowest BCUT2D eigenvalue weighted by molar-refractivity contribution is 0.0950. The summed E-state index contributed by atoms with van der Waals surface area (Å²) >= 11 is 6.22. The van der Waals surface area contributed by atoms with E-state index >= 15 is 0 Å². The monoisotopic (exact) mass is 463 g/mol. The molecule has 0 bridgehead atoms. The number of hydrogen-bond donors (Lipinski definition) is 1. The summed E-state index contributed by atoms with van der Waals surface area (Å²) in [6.07, 6.45) is 1.97. The summed E-state index contributed by atoms with van der Waals surface area (Å²) in [6, 6.07) is 16.9. The molecule has 1 N–H and O–H groups in total. The van der Waals surface area contributed by atoms with Crippen LogP contribution in [0.1, 0.15) is 15.9 Å². The van der Waals surface area contributed by atoms with Gasteiger partial charge in [-0.15, -0.1) is 0 Å². The molecule has 0 saturated heterocycles. The number of aromatic nitrogens is 2. The number of fused-ring (bicyclic) bond motifs is 1. The van der Waals surface area contributed by atoms with Crippen molar-refractivity contribution in [2.24, 2.45) is 0 Å². The van der Waals surface area contributed by atoms with E-state index in [1.807, 2.05) is 6.07 Å². The highest BCUT2D eigenvalue weighted by Gasteiger charge is 2.23. The fraction of sp³-hybridized carbons (Fsp3) is 0.0833. The predicted octanol–water partition coefficient (Wildman–Crippen LogP) is 4.11. The third kappa shape index (κ3) is 4.56. The molecule has 0 aliphatic carbocycles. The predicted molar refractivity (Wildman–Crippen MR) is 123 cm³/mol. The summed E-state index contributed by atoms with van der Waals surface area (Å²) in [5, 5.41) is 3.44. The first kappa shape index (κ1) is 22.0. The molecule has 2 aromatic heterocycles. The van der Waals surface area contributed by atoms with Crippen LogP contribution in [0.5, 0.6) is 5.88 Å². The number of carbonyl (C=O) groups excluding carboxylic acids is 2. The first-order valence-electron chi connectivity index (χ1n) is 9.86. The normalized spacial score (nSPS) is 10.6. The first-order valence-corrected chi connectivity index (χ1v) is 10.2. The van der Waals surface area contributed by atoms with Gasteiger partial charge in [0.2, 0.25) is 5.88 Å². The van der Waals surface area contributed by atoms with Gasteiger partial charge in [0.05, 0.1) is 24.7 Å². The topological polar surface area (TPSA) is 99.5 Å². The first-order chi connectivity index (χ1) is 16.0. The number of pyridine rings is 2. The van der Waals surface area contributed by atoms with E-state index in [0.29, 0.717) is 27.2 Å². The Bertz CT molecular complexity index is 1390. The van der Waals surface area contributed by atoms with Crippen molar-refractivity contribution < 1.29 is 19.1 Å². The van der Waals surface area contributed by atoms with E-state index in [4.69, 9.17) is 16.3 Å². The Morgan fingerprint density at radius 1 is 1.06 bits per heavy atom. The zero-order valence-corrected chi connectivity index (χ0v) is 18.2. The van der Waals surface area contributed by atoms with E-state index in [1.165, 1.54) is 12.4 Å². The van der Waals surface area contributed by atoms with Gasteiger partial charge in [-0.1, -0.05) is 29.8 Å². The molecule has 1 amide bonds. The molecule has 8 nitrogen and oxygen atoms in total. The van der Waals surface area contributed by atoms with Crippen LogP contribution in [0.4, 0.5) is 4.79 Å². The maximum absolute atomic E-state index is 13.4. The molecule has 2 aromatic carbocycles. The molecule has 0 aliphatic heterocycles. The second kappa shape index (κ2) is 9.54. The molecule has 33 heavy (non-hydrogen) atoms. The number of halogens is 1. The summed E-state index contributed by atoms with van der Waals surface area (Å²) < 4.78 is 11.7. The van der Waals surface area contributed by atoms with Gasteiger partial charge in [0.15, 0.2) is 5.43 Å². The van der Waals surface area contributed by atoms with Crippen molar-refractivity contribution in [3.63, 3.8) is 0 Å². The van der Waals surface area contributed by atoms with Gasteiger partial charge >= 0.3 is 6.16 Å². The van der Waals surface area contributed by atoms with Crippen molar-refractivity contribution in [1.29, 1.82) is 0 Å². The number of nitrogens with one attached hydrogen (secondary N) is 1. The molecule has 0 radical (unpaired) electrons. The maximum atomic E-state index is 13.4. The van der Waals surface area contributed by atoms with Crippen molar-refractivity contribution in [2.75, 3.05) is 7.11 Å². The van der Waals surface area contributed by atoms with Gasteiger partial charge in [-0.2, -0.15) is 0 Å². The minimum Gasteiger partial charge on any atom is -0.437 e. The van der Waals surface area contributed by atoms with Gasteiger partial charge in [0.1, 0.15) is 0 Å². The highest BCUT2D eigenvalue weighted by molar-refractivity contribution is 6.31. The van der Waals surface area contributed by atoms with Crippen molar-refractivity contribution in [1.82, 2.24) is 14.9 Å². The summed E-state index contributed by atoms with van der Waals surface area (Å²) in [5.41, 5.74) is 1.08. The highest BCUT2D eigenvalue weighted by atomic mass is 35.5. The number of amides is 1. The summed E-state index contributed by atoms with van der Waals surface area (Å²) in [5.74, 6) is -0.494. The summed E-state index contributed by atoms with van der Waals surface area (Å²) in [6.45, 7) is -0.197. The highest BCUT2D eigenvalue weighted by Crippen LogP contribution is 2.29. The van der Waals surface area contributed by atoms with Gasteiger partial charge in [-0.3, -0.25) is 19.1 Å². The molecule has 9 heteroatoms. The Hall–Kier alpha value is -4.17. The van der Waals surface area contributed by atoms with Crippen LogP contribution < -0.4 is 15.5 Å². The Balaban J connectivity index is 1.92. The minimum absolute atomic E-state index is 0.0708. The van der Waals surface area contributed by atoms with Crippen LogP contribution in [0, 0.1) is 0 Å². The zero-order chi connectivity index (χ0) is 23.4. The summed E-state index contributed by atoms with van der Waals surface area (Å²) in [7, 11) is 1.16. The maximum Gasteiger partial charge on any atom is 0.514 e. The second-order valence-electron chi connectivity index (χ2n) is 6.92. The van der Waals surface area contributed by atoms with Crippen LogP contribution >= 0.6 is 11.6 Å². The van der Waals surface area contributed by atoms with Crippen molar-refractivity contribution in [3.05, 3.63) is 99.4 Å². The Morgan fingerprint density at radius 3 is 2.48 bits per heavy atom. The number of carbonyl (C=O) groups is 2. The smallest absolute Gasteiger partial charge is 0.437 e. The quantitative estimate of drug-likeness (QED) is 0.447. The lowest BCUT2D eigenvalue weighted by Gasteiger charge is -2.20. The van der Waals surface area contributed by atoms with Crippen LogP contribution in [0.3, 0.4) is 0 Å². The van der Waals surface area contributed by atoms with Gasteiger partial charge in [-0.25, -0.2) is 4.79 Å². The van der Waals surface area contributed by atoms with Crippen LogP contribution in [0.2, 0.25) is 5.02 Å². The van der Waals surface area contributed by atoms with E-state index in [-0.39, 0.29) is 18.0 Å². The van der Waals surface area contributed by atoms with E-state index < -0.39 is 17.5 Å². The van der Waals surface area contributed by atoms with Crippen molar-refractivity contribution >= 4 is 34.6 Å². The second-order valence-corrected chi connectivity index (χ2v) is 7.36. The van der Waals surface area contributed by atoms with E-state index in [9.17, 15) is 14.4 Å². The van der Waals surface area contributed by atoms with E-state index in [1.54, 1.807) is 59.2 Å². The standard InChI is InChI=1S/C24H18ClN3O5/c1-32-24(31)33-23-19(14-27-22(30)15-9-11-26-12-10-15)21(29)18-8-7-16(25)13-20(18)28(23)17-5-3-2-4-6-17/h2-13H,14H2,1H3,(H,27,30). The number of nitrogens with zero attached hydrogens (tertiary/aromatic N) is 2. The zero-order valence-electron chi connectivity index (χ0n) is 17.4. The molecule has 0 atom stereocenters. The van der Waals surface area contributed by atoms with Gasteiger partial charge in [-0.05, 0) is 42.5 Å². The molecule has 166 valence electrons. The number of para-hydroxylation sites is 1. The van der Waals surface area contributed by atoms with E-state index in [2.05, 4.69) is 15.0 Å². The van der Waals surface area contributed by atoms with Gasteiger partial charge in [0, 0.05) is 34.1 Å². The van der Waals surface area contributed by atoms with Crippen molar-refractivity contribution in [3.8, 4) is 11.6 Å². The molecule has 0 unspecified atom stereocenters. The number of methoxy groups -OCH3 is 1. The number of hydrogen-bond acceptors (Lipinski definition) is 6. The fourth-order valence-electron chi connectivity index (χ4n) is 3.38. The third-order valence-electron chi connectivity index (χ3n) is 4.91. The molecule has 0 aliphatic rings. The average Bonchev–Trinajstić information content (AvgIpc) is 2.84. The molecular weight excluding hydrogens is 446 g/mol. The molecule has 0 fully saturated rings. The van der Waals surface area contributed by atoms with Gasteiger partial charge in [0.25, 0.3) is 5.91 Å². The molecule has 2 heterocycles. The van der Waals surface area contributed by atoms with Crippen molar-refractivity contribution in [2.45, 2.75) is 6.54 Å². The summed E-state index contributed by atoms with van der Waals surface area (Å²) in [4.78, 5) is 42.0. The number of ether oxygens (including phenoxy) is 2. The molecular formula is C24H18ClN3O5. The minimum atomic E-state index is -1.01. The van der Waals surface area contributed by atoms with Gasteiger partial charge < -0.3 is 14.8 Å². The van der Waals surface area contributed by atoms with Crippen LogP contribution in [0.25, 0.3) is 16.6 Å². The Kier molecular flexibility index (Phi) is 6.37. The average molecular weight is 464 g/mol. The third-order valence-corrected chi connectivity index (χ3v) is 5.15. The van der Waals surface area contributed by atoms with E-state index in [0.717, 1.165) is 7.11 Å². The molecule has 0 saturated carbocycles. The fourth-order valence-corrected chi connectivity index (χ4v) is 3.54. The van der Waals surface area contributed by atoms with Crippen LogP contribution in [0.15, 0.2) is 77.9 Å². The molecule has 4 rings (SSSR count). The molecule has 4 aromatic rings.